The van der Waals surface area contributed by atoms with Crippen LogP contribution in [0.15, 0.2) is 41.3 Å². The number of benzene rings is 2. The predicted molar refractivity (Wildman–Crippen MR) is 98.9 cm³/mol. The Balaban J connectivity index is 1.67. The summed E-state index contributed by atoms with van der Waals surface area (Å²) in [6, 6.07) is 9.39. The molecular weight excluding hydrogens is 357 g/mol. The van der Waals surface area contributed by atoms with Crippen molar-refractivity contribution in [1.82, 2.24) is 5.32 Å². The fraction of sp³-hybridized carbons (Fsp3) is 0.278. The first kappa shape index (κ1) is 18.3. The topological polar surface area (TPSA) is 84.3 Å². The Morgan fingerprint density at radius 1 is 1.31 bits per heavy atom. The summed E-state index contributed by atoms with van der Waals surface area (Å²) in [5.41, 5.74) is 1.75. The highest BCUT2D eigenvalue weighted by Crippen LogP contribution is 2.28. The minimum atomic E-state index is -0.478. The highest BCUT2D eigenvalue weighted by Gasteiger charge is 2.20. The van der Waals surface area contributed by atoms with E-state index in [2.05, 4.69) is 10.6 Å². The summed E-state index contributed by atoms with van der Waals surface area (Å²) in [5, 5.41) is 16.0. The van der Waals surface area contributed by atoms with Gasteiger partial charge in [0.25, 0.3) is 5.69 Å². The number of carbonyl (C=O) groups excluding carboxylic acids is 1. The highest BCUT2D eigenvalue weighted by atomic mass is 32.2. The van der Waals surface area contributed by atoms with Crippen LogP contribution in [0.25, 0.3) is 0 Å². The summed E-state index contributed by atoms with van der Waals surface area (Å²) in [4.78, 5) is 23.3. The molecule has 2 aromatic rings. The third-order valence-electron chi connectivity index (χ3n) is 4.19. The van der Waals surface area contributed by atoms with Gasteiger partial charge in [0, 0.05) is 23.6 Å². The predicted octanol–water partition coefficient (Wildman–Crippen LogP) is 3.50. The summed E-state index contributed by atoms with van der Waals surface area (Å²) in [7, 11) is 0. The molecule has 0 saturated heterocycles. The standard InChI is InChI=1S/C18H18FN3O3S/c1-11(26-14-5-3-13(4-6-14)22(24)25)18(23)21-16-7-2-12-10-20-9-8-15(12)17(16)19/h2-7,11,20H,8-10H2,1H3,(H,21,23). The van der Waals surface area contributed by atoms with Crippen LogP contribution in [0.2, 0.25) is 0 Å². The summed E-state index contributed by atoms with van der Waals surface area (Å²) in [5.74, 6) is -0.689. The number of nitrogens with one attached hydrogen (secondary N) is 2. The van der Waals surface area contributed by atoms with Crippen molar-refractivity contribution in [2.45, 2.75) is 30.0 Å². The molecule has 2 aromatic carbocycles. The Morgan fingerprint density at radius 2 is 2.04 bits per heavy atom. The number of anilines is 1. The molecule has 2 N–H and O–H groups in total. The van der Waals surface area contributed by atoms with E-state index in [-0.39, 0.29) is 23.1 Å². The van der Waals surface area contributed by atoms with Crippen molar-refractivity contribution in [3.05, 3.63) is 63.5 Å². The van der Waals surface area contributed by atoms with Crippen molar-refractivity contribution in [3.63, 3.8) is 0 Å². The zero-order valence-corrected chi connectivity index (χ0v) is 14.9. The number of nitrogens with zero attached hydrogens (tertiary/aromatic N) is 1. The van der Waals surface area contributed by atoms with Gasteiger partial charge in [-0.05, 0) is 49.2 Å². The van der Waals surface area contributed by atoms with E-state index < -0.39 is 10.2 Å². The second kappa shape index (κ2) is 7.84. The molecule has 0 saturated carbocycles. The largest absolute Gasteiger partial charge is 0.323 e. The Hall–Kier alpha value is -2.45. The third-order valence-corrected chi connectivity index (χ3v) is 5.31. The number of hydrogen-bond donors (Lipinski definition) is 2. The molecule has 0 bridgehead atoms. The molecule has 0 radical (unpaired) electrons. The molecule has 3 rings (SSSR count). The van der Waals surface area contributed by atoms with Gasteiger partial charge >= 0.3 is 0 Å². The summed E-state index contributed by atoms with van der Waals surface area (Å²) in [6.45, 7) is 3.06. The molecule has 8 heteroatoms. The number of rotatable bonds is 5. The summed E-state index contributed by atoms with van der Waals surface area (Å²) < 4.78 is 14.6. The van der Waals surface area contributed by atoms with E-state index in [1.54, 1.807) is 25.1 Å². The molecule has 0 aromatic heterocycles. The third kappa shape index (κ3) is 4.03. The molecule has 0 spiro atoms. The Labute approximate surface area is 154 Å². The highest BCUT2D eigenvalue weighted by molar-refractivity contribution is 8.00. The van der Waals surface area contributed by atoms with Crippen LogP contribution in [-0.4, -0.2) is 22.6 Å². The number of fused-ring (bicyclic) bond motifs is 1. The Kier molecular flexibility index (Phi) is 5.53. The number of thioether (sulfide) groups is 1. The van der Waals surface area contributed by atoms with Crippen molar-refractivity contribution < 1.29 is 14.1 Å². The molecule has 1 aliphatic heterocycles. The fourth-order valence-corrected chi connectivity index (χ4v) is 3.64. The van der Waals surface area contributed by atoms with Crippen LogP contribution < -0.4 is 10.6 Å². The molecule has 1 heterocycles. The van der Waals surface area contributed by atoms with E-state index in [4.69, 9.17) is 0 Å². The van der Waals surface area contributed by atoms with Gasteiger partial charge < -0.3 is 10.6 Å². The number of nitro benzene ring substituents is 1. The number of nitro groups is 1. The van der Waals surface area contributed by atoms with Crippen molar-refractivity contribution in [1.29, 1.82) is 0 Å². The maximum Gasteiger partial charge on any atom is 0.269 e. The molecule has 0 aliphatic carbocycles. The molecule has 6 nitrogen and oxygen atoms in total. The van der Waals surface area contributed by atoms with Crippen LogP contribution in [-0.2, 0) is 17.8 Å². The van der Waals surface area contributed by atoms with Crippen LogP contribution >= 0.6 is 11.8 Å². The summed E-state index contributed by atoms with van der Waals surface area (Å²) in [6.07, 6.45) is 0.595. The first-order valence-electron chi connectivity index (χ1n) is 8.18. The minimum Gasteiger partial charge on any atom is -0.323 e. The second-order valence-electron chi connectivity index (χ2n) is 5.99. The zero-order chi connectivity index (χ0) is 18.7. The lowest BCUT2D eigenvalue weighted by atomic mass is 9.99. The van der Waals surface area contributed by atoms with E-state index >= 15 is 0 Å². The van der Waals surface area contributed by atoms with Gasteiger partial charge in [-0.3, -0.25) is 14.9 Å². The number of halogens is 1. The van der Waals surface area contributed by atoms with Gasteiger partial charge in [-0.25, -0.2) is 4.39 Å². The van der Waals surface area contributed by atoms with Gasteiger partial charge in [0.1, 0.15) is 5.82 Å². The maximum absolute atomic E-state index is 14.6. The van der Waals surface area contributed by atoms with Crippen LogP contribution in [0, 0.1) is 15.9 Å². The van der Waals surface area contributed by atoms with Crippen LogP contribution in [0.1, 0.15) is 18.1 Å². The van der Waals surface area contributed by atoms with Crippen LogP contribution in [0.4, 0.5) is 15.8 Å². The van der Waals surface area contributed by atoms with E-state index in [0.29, 0.717) is 25.1 Å². The Morgan fingerprint density at radius 3 is 2.73 bits per heavy atom. The smallest absolute Gasteiger partial charge is 0.269 e. The SMILES string of the molecule is CC(Sc1ccc([N+](=O)[O-])cc1)C(=O)Nc1ccc2c(c1F)CCNC2. The molecule has 0 fully saturated rings. The number of carbonyl (C=O) groups is 1. The van der Waals surface area contributed by atoms with E-state index in [1.807, 2.05) is 6.07 Å². The minimum absolute atomic E-state index is 0.00271. The van der Waals surface area contributed by atoms with Crippen molar-refractivity contribution in [3.8, 4) is 0 Å². The molecule has 1 atom stereocenters. The molecule has 1 aliphatic rings. The van der Waals surface area contributed by atoms with Gasteiger partial charge in [0.2, 0.25) is 5.91 Å². The van der Waals surface area contributed by atoms with Gasteiger partial charge in [-0.2, -0.15) is 0 Å². The number of hydrogen-bond acceptors (Lipinski definition) is 5. The van der Waals surface area contributed by atoms with Crippen molar-refractivity contribution in [2.75, 3.05) is 11.9 Å². The monoisotopic (exact) mass is 375 g/mol. The Bertz CT molecular complexity index is 842. The lowest BCUT2D eigenvalue weighted by molar-refractivity contribution is -0.384. The second-order valence-corrected chi connectivity index (χ2v) is 7.41. The van der Waals surface area contributed by atoms with Crippen molar-refractivity contribution >= 4 is 29.0 Å². The summed E-state index contributed by atoms with van der Waals surface area (Å²) >= 11 is 1.26. The zero-order valence-electron chi connectivity index (χ0n) is 14.1. The lowest BCUT2D eigenvalue weighted by Crippen LogP contribution is -2.26. The molecule has 26 heavy (non-hydrogen) atoms. The van der Waals surface area contributed by atoms with Gasteiger partial charge in [-0.15, -0.1) is 11.8 Å². The average molecular weight is 375 g/mol. The maximum atomic E-state index is 14.6. The van der Waals surface area contributed by atoms with E-state index in [1.165, 1.54) is 23.9 Å². The molecule has 1 amide bonds. The normalized spacial score (nSPS) is 14.4. The van der Waals surface area contributed by atoms with Gasteiger partial charge in [0.15, 0.2) is 0 Å². The number of non-ortho nitro benzene ring substituents is 1. The molecule has 136 valence electrons. The van der Waals surface area contributed by atoms with Gasteiger partial charge in [0.05, 0.1) is 15.9 Å². The van der Waals surface area contributed by atoms with Crippen LogP contribution in [0.5, 0.6) is 0 Å². The number of amides is 1. The first-order valence-corrected chi connectivity index (χ1v) is 9.06. The van der Waals surface area contributed by atoms with Crippen LogP contribution in [0.3, 0.4) is 0 Å². The first-order chi connectivity index (χ1) is 12.5. The lowest BCUT2D eigenvalue weighted by Gasteiger charge is -2.20. The molecule has 1 unspecified atom stereocenters. The molecular formula is C18H18FN3O3S. The van der Waals surface area contributed by atoms with Crippen molar-refractivity contribution in [2.24, 2.45) is 0 Å². The quantitative estimate of drug-likeness (QED) is 0.475. The van der Waals surface area contributed by atoms with Gasteiger partial charge in [-0.1, -0.05) is 6.07 Å². The average Bonchev–Trinajstić information content (AvgIpc) is 2.64. The van der Waals surface area contributed by atoms with E-state index in [9.17, 15) is 19.3 Å². The fourth-order valence-electron chi connectivity index (χ4n) is 2.77. The van der Waals surface area contributed by atoms with E-state index in [0.717, 1.165) is 10.5 Å².